The van der Waals surface area contributed by atoms with Crippen molar-refractivity contribution < 1.29 is 14.4 Å². The Kier molecular flexibility index (Phi) is 6.35. The van der Waals surface area contributed by atoms with Gasteiger partial charge in [0.05, 0.1) is 5.69 Å². The Labute approximate surface area is 156 Å². The summed E-state index contributed by atoms with van der Waals surface area (Å²) in [5, 5.41) is 15.0. The second-order valence-electron chi connectivity index (χ2n) is 8.32. The molecule has 0 aromatic carbocycles. The zero-order chi connectivity index (χ0) is 18.6. The third kappa shape index (κ3) is 4.86. The summed E-state index contributed by atoms with van der Waals surface area (Å²) in [4.78, 5) is 16.8. The first-order valence-corrected chi connectivity index (χ1v) is 10.1. The smallest absolute Gasteiger partial charge is 0.255 e. The van der Waals surface area contributed by atoms with Crippen molar-refractivity contribution in [1.29, 1.82) is 0 Å². The number of likely N-dealkylation sites (N-methyl/N-ethyl adjacent to an activating group) is 1. The Morgan fingerprint density at radius 1 is 1.35 bits per heavy atom. The van der Waals surface area contributed by atoms with Crippen LogP contribution in [0.15, 0.2) is 10.6 Å². The van der Waals surface area contributed by atoms with Crippen molar-refractivity contribution in [3.63, 3.8) is 0 Å². The lowest BCUT2D eigenvalue weighted by atomic mass is 9.86. The number of carbonyl (C=O) groups excluding carboxylic acids is 1. The fraction of sp³-hybridized carbons (Fsp3) is 0.800. The van der Waals surface area contributed by atoms with Crippen molar-refractivity contribution in [2.24, 2.45) is 5.92 Å². The van der Waals surface area contributed by atoms with Gasteiger partial charge in [0.25, 0.3) is 5.91 Å². The van der Waals surface area contributed by atoms with Gasteiger partial charge < -0.3 is 14.5 Å². The van der Waals surface area contributed by atoms with Gasteiger partial charge in [-0.25, -0.2) is 0 Å². The molecule has 146 valence electrons. The van der Waals surface area contributed by atoms with E-state index in [-0.39, 0.29) is 5.91 Å². The molecule has 2 aliphatic rings. The second kappa shape index (κ2) is 8.53. The molecule has 2 fully saturated rings. The van der Waals surface area contributed by atoms with Gasteiger partial charge in [0.1, 0.15) is 5.76 Å². The van der Waals surface area contributed by atoms with E-state index in [2.05, 4.69) is 5.16 Å². The third-order valence-corrected chi connectivity index (χ3v) is 5.88. The van der Waals surface area contributed by atoms with Gasteiger partial charge in [-0.05, 0) is 39.2 Å². The number of amides is 1. The highest BCUT2D eigenvalue weighted by atomic mass is 16.5. The maximum atomic E-state index is 12.9. The van der Waals surface area contributed by atoms with Crippen molar-refractivity contribution in [3.8, 4) is 0 Å². The third-order valence-electron chi connectivity index (χ3n) is 5.88. The van der Waals surface area contributed by atoms with Crippen LogP contribution in [-0.4, -0.2) is 58.3 Å². The lowest BCUT2D eigenvalue weighted by Crippen LogP contribution is -2.58. The van der Waals surface area contributed by atoms with Crippen LogP contribution in [0, 0.1) is 12.8 Å². The van der Waals surface area contributed by atoms with Gasteiger partial charge in [0.2, 0.25) is 0 Å². The largest absolute Gasteiger partial charge is 0.379 e. The molecule has 1 amide bonds. The standard InChI is InChI=1S/C20H33N3O3/c1-16-13-18(21-26-16)14-22(2)15-20(25)10-6-11-23(19(20)24)12-9-17-7-4-3-5-8-17/h13,17,25H,3-12,14-15H2,1-2H3/t20-/m1/s1. The molecule has 6 heteroatoms. The quantitative estimate of drug-likeness (QED) is 0.807. The number of hydrogen-bond donors (Lipinski definition) is 1. The molecule has 1 aliphatic carbocycles. The van der Waals surface area contributed by atoms with Crippen LogP contribution < -0.4 is 0 Å². The van der Waals surface area contributed by atoms with Gasteiger partial charge in [-0.2, -0.15) is 0 Å². The Morgan fingerprint density at radius 2 is 2.12 bits per heavy atom. The Balaban J connectivity index is 1.52. The summed E-state index contributed by atoms with van der Waals surface area (Å²) in [7, 11) is 1.91. The molecule has 0 bridgehead atoms. The van der Waals surface area contributed by atoms with Gasteiger partial charge >= 0.3 is 0 Å². The molecule has 0 radical (unpaired) electrons. The minimum absolute atomic E-state index is 0.0947. The molecule has 0 unspecified atom stereocenters. The van der Waals surface area contributed by atoms with E-state index in [9.17, 15) is 9.90 Å². The topological polar surface area (TPSA) is 69.8 Å². The summed E-state index contributed by atoms with van der Waals surface area (Å²) in [6.45, 7) is 4.32. The number of carbonyl (C=O) groups is 1. The average Bonchev–Trinajstić information content (AvgIpc) is 3.02. The highest BCUT2D eigenvalue weighted by molar-refractivity contribution is 5.86. The fourth-order valence-electron chi connectivity index (χ4n) is 4.51. The van der Waals surface area contributed by atoms with Gasteiger partial charge in [-0.15, -0.1) is 0 Å². The van der Waals surface area contributed by atoms with Crippen molar-refractivity contribution in [2.75, 3.05) is 26.7 Å². The van der Waals surface area contributed by atoms with Crippen LogP contribution >= 0.6 is 0 Å². The first-order valence-electron chi connectivity index (χ1n) is 10.1. The summed E-state index contributed by atoms with van der Waals surface area (Å²) in [6.07, 6.45) is 9.09. The molecule has 1 saturated heterocycles. The fourth-order valence-corrected chi connectivity index (χ4v) is 4.51. The highest BCUT2D eigenvalue weighted by Crippen LogP contribution is 2.29. The predicted molar refractivity (Wildman–Crippen MR) is 99.5 cm³/mol. The maximum absolute atomic E-state index is 12.9. The second-order valence-corrected chi connectivity index (χ2v) is 8.32. The van der Waals surface area contributed by atoms with Crippen LogP contribution in [0.25, 0.3) is 0 Å². The average molecular weight is 364 g/mol. The van der Waals surface area contributed by atoms with E-state index in [1.165, 1.54) is 32.1 Å². The molecule has 26 heavy (non-hydrogen) atoms. The number of aryl methyl sites for hydroxylation is 1. The first kappa shape index (κ1) is 19.4. The lowest BCUT2D eigenvalue weighted by molar-refractivity contribution is -0.159. The molecule has 1 aromatic rings. The van der Waals surface area contributed by atoms with Crippen molar-refractivity contribution >= 4 is 5.91 Å². The number of hydrogen-bond acceptors (Lipinski definition) is 5. The van der Waals surface area contributed by atoms with Gasteiger partial charge in [-0.3, -0.25) is 9.69 Å². The molecule has 2 heterocycles. The summed E-state index contributed by atoms with van der Waals surface area (Å²) in [6, 6.07) is 1.89. The van der Waals surface area contributed by atoms with E-state index < -0.39 is 5.60 Å². The van der Waals surface area contributed by atoms with Crippen LogP contribution in [0.3, 0.4) is 0 Å². The number of aliphatic hydroxyl groups is 1. The monoisotopic (exact) mass is 363 g/mol. The van der Waals surface area contributed by atoms with Crippen LogP contribution in [0.4, 0.5) is 0 Å². The lowest BCUT2D eigenvalue weighted by Gasteiger charge is -2.40. The number of rotatable bonds is 7. The molecule has 1 N–H and O–H groups in total. The van der Waals surface area contributed by atoms with Crippen molar-refractivity contribution in [3.05, 3.63) is 17.5 Å². The maximum Gasteiger partial charge on any atom is 0.255 e. The van der Waals surface area contributed by atoms with Gasteiger partial charge in [0.15, 0.2) is 5.60 Å². The Bertz CT molecular complexity index is 597. The van der Waals surface area contributed by atoms with Gasteiger partial charge in [0, 0.05) is 32.2 Å². The van der Waals surface area contributed by atoms with E-state index in [0.29, 0.717) is 19.5 Å². The van der Waals surface area contributed by atoms with E-state index in [4.69, 9.17) is 4.52 Å². The van der Waals surface area contributed by atoms with Crippen molar-refractivity contribution in [2.45, 2.75) is 70.4 Å². The number of nitrogens with zero attached hydrogens (tertiary/aromatic N) is 3. The Hall–Kier alpha value is -1.40. The summed E-state index contributed by atoms with van der Waals surface area (Å²) in [5.41, 5.74) is -0.454. The molecule has 0 spiro atoms. The summed E-state index contributed by atoms with van der Waals surface area (Å²) >= 11 is 0. The molecule has 1 aromatic heterocycles. The summed E-state index contributed by atoms with van der Waals surface area (Å²) < 4.78 is 5.09. The summed E-state index contributed by atoms with van der Waals surface area (Å²) in [5.74, 6) is 1.43. The van der Waals surface area contributed by atoms with Crippen LogP contribution in [0.5, 0.6) is 0 Å². The molecule has 1 saturated carbocycles. The van der Waals surface area contributed by atoms with E-state index in [0.717, 1.165) is 43.3 Å². The SMILES string of the molecule is Cc1cc(CN(C)C[C@]2(O)CCCN(CCC3CCCCC3)C2=O)no1. The van der Waals surface area contributed by atoms with Crippen molar-refractivity contribution in [1.82, 2.24) is 15.0 Å². The van der Waals surface area contributed by atoms with E-state index in [1.807, 2.05) is 29.8 Å². The zero-order valence-electron chi connectivity index (χ0n) is 16.2. The number of aromatic nitrogens is 1. The van der Waals surface area contributed by atoms with Crippen LogP contribution in [0.2, 0.25) is 0 Å². The van der Waals surface area contributed by atoms with Crippen LogP contribution in [-0.2, 0) is 11.3 Å². The van der Waals surface area contributed by atoms with E-state index >= 15 is 0 Å². The van der Waals surface area contributed by atoms with E-state index in [1.54, 1.807) is 0 Å². The molecular formula is C20H33N3O3. The molecule has 6 nitrogen and oxygen atoms in total. The normalized spacial score (nSPS) is 25.2. The molecule has 1 aliphatic heterocycles. The number of piperidine rings is 1. The number of likely N-dealkylation sites (tertiary alicyclic amines) is 1. The predicted octanol–water partition coefficient (Wildman–Crippen LogP) is 2.74. The molecular weight excluding hydrogens is 330 g/mol. The Morgan fingerprint density at radius 3 is 2.81 bits per heavy atom. The zero-order valence-corrected chi connectivity index (χ0v) is 16.2. The molecule has 1 atom stereocenters. The van der Waals surface area contributed by atoms with Crippen LogP contribution in [0.1, 0.15) is 62.8 Å². The first-order chi connectivity index (χ1) is 12.5. The molecule has 3 rings (SSSR count). The van der Waals surface area contributed by atoms with Gasteiger partial charge in [-0.1, -0.05) is 37.3 Å². The highest BCUT2D eigenvalue weighted by Gasteiger charge is 2.42. The minimum Gasteiger partial charge on any atom is -0.379 e. The minimum atomic E-state index is -1.28.